The van der Waals surface area contributed by atoms with E-state index in [1.807, 2.05) is 0 Å². The van der Waals surface area contributed by atoms with Gasteiger partial charge in [-0.25, -0.2) is 4.78 Å². The molecular formula is C3H8N2O4S. The third-order valence-corrected chi connectivity index (χ3v) is 0.514. The maximum Gasteiger partial charge on any atom is 0.322 e. The summed E-state index contributed by atoms with van der Waals surface area (Å²) in [7, 11) is 0. The van der Waals surface area contributed by atoms with Gasteiger partial charge in [-0.05, 0) is 0 Å². The van der Waals surface area contributed by atoms with Crippen LogP contribution in [0.5, 0.6) is 0 Å². The van der Waals surface area contributed by atoms with Gasteiger partial charge in [0.25, 0.3) is 0 Å². The molecular weight excluding hydrogens is 160 g/mol. The molecule has 0 aromatic heterocycles. The zero-order valence-corrected chi connectivity index (χ0v) is 5.80. The van der Waals surface area contributed by atoms with Crippen LogP contribution in [0, 0.1) is 4.78 Å². The predicted octanol–water partition coefficient (Wildman–Crippen LogP) is -1.65. The van der Waals surface area contributed by atoms with Crippen LogP contribution in [0.1, 0.15) is 0 Å². The summed E-state index contributed by atoms with van der Waals surface area (Å²) in [6.07, 6.45) is 0. The molecule has 0 saturated carbocycles. The van der Waals surface area contributed by atoms with E-state index in [9.17, 15) is 4.79 Å². The van der Waals surface area contributed by atoms with E-state index >= 15 is 0 Å². The lowest BCUT2D eigenvalue weighted by molar-refractivity contribution is -0.139. The average Bonchev–Trinajstić information content (AvgIpc) is 1.88. The summed E-state index contributed by atoms with van der Waals surface area (Å²) < 4.78 is 14.1. The number of carboxylic acids is 1. The molecule has 0 rings (SSSR count). The standard InChI is InChI=1S/C3H7NO3.HNOS/c4-2(1-5)3(6)7;1-3-2/h2,5H,1,4H2,(H,6,7);1H. The predicted molar refractivity (Wildman–Crippen MR) is 33.6 cm³/mol. The van der Waals surface area contributed by atoms with Crippen LogP contribution in [0.15, 0.2) is 0 Å². The van der Waals surface area contributed by atoms with E-state index in [1.165, 1.54) is 0 Å². The Kier molecular flexibility index (Phi) is 9.80. The van der Waals surface area contributed by atoms with Gasteiger partial charge in [-0.15, -0.1) is 0 Å². The van der Waals surface area contributed by atoms with Crippen LogP contribution in [0.25, 0.3) is 0 Å². The fraction of sp³-hybridized carbons (Fsp3) is 0.667. The molecule has 0 bridgehead atoms. The van der Waals surface area contributed by atoms with Crippen molar-refractivity contribution in [3.05, 3.63) is 0 Å². The van der Waals surface area contributed by atoms with Gasteiger partial charge in [-0.1, -0.05) is 0 Å². The van der Waals surface area contributed by atoms with Crippen molar-refractivity contribution in [2.24, 2.45) is 5.73 Å². The largest absolute Gasteiger partial charge is 0.480 e. The Hall–Kier alpha value is -0.790. The number of hydrogen-bond acceptors (Lipinski definition) is 5. The highest BCUT2D eigenvalue weighted by Crippen LogP contribution is 1.71. The molecule has 6 nitrogen and oxygen atoms in total. The Labute approximate surface area is 60.7 Å². The van der Waals surface area contributed by atoms with Gasteiger partial charge in [0.2, 0.25) is 0 Å². The molecule has 0 amide bonds. The first-order chi connectivity index (χ1) is 4.59. The highest BCUT2D eigenvalue weighted by atomic mass is 32.1. The van der Waals surface area contributed by atoms with Gasteiger partial charge < -0.3 is 15.9 Å². The molecule has 1 unspecified atom stereocenters. The first-order valence-corrected chi connectivity index (χ1v) is 2.89. The van der Waals surface area contributed by atoms with E-state index in [2.05, 4.69) is 0 Å². The van der Waals surface area contributed by atoms with Crippen LogP contribution in [0.2, 0.25) is 0 Å². The highest BCUT2D eigenvalue weighted by Gasteiger charge is 2.06. The van der Waals surface area contributed by atoms with Gasteiger partial charge in [0, 0.05) is 0 Å². The van der Waals surface area contributed by atoms with Crippen molar-refractivity contribution >= 4 is 17.4 Å². The molecule has 0 aliphatic rings. The van der Waals surface area contributed by atoms with Gasteiger partial charge in [0.15, 0.2) is 11.5 Å². The minimum absolute atomic E-state index is 0.250. The van der Waals surface area contributed by atoms with Gasteiger partial charge in [0.05, 0.1) is 6.61 Å². The van der Waals surface area contributed by atoms with Crippen molar-refractivity contribution in [2.75, 3.05) is 6.61 Å². The summed E-state index contributed by atoms with van der Waals surface area (Å²) in [4.78, 5) is 9.65. The van der Waals surface area contributed by atoms with E-state index in [-0.39, 0.29) is 11.5 Å². The van der Waals surface area contributed by atoms with Gasteiger partial charge in [0.1, 0.15) is 6.04 Å². The van der Waals surface area contributed by atoms with Crippen LogP contribution < -0.4 is 5.73 Å². The molecule has 0 spiro atoms. The Bertz CT molecular complexity index is 132. The SMILES string of the molecule is N=S=O.NC(CO)C(=O)O. The summed E-state index contributed by atoms with van der Waals surface area (Å²) in [5.74, 6) is -1.18. The third-order valence-electron chi connectivity index (χ3n) is 0.514. The lowest BCUT2D eigenvalue weighted by Crippen LogP contribution is -2.33. The van der Waals surface area contributed by atoms with Crippen LogP contribution in [0.3, 0.4) is 0 Å². The lowest BCUT2D eigenvalue weighted by Gasteiger charge is -1.96. The van der Waals surface area contributed by atoms with Gasteiger partial charge >= 0.3 is 5.97 Å². The maximum atomic E-state index is 9.65. The molecule has 5 N–H and O–H groups in total. The summed E-state index contributed by atoms with van der Waals surface area (Å²) in [5, 5.41) is 15.9. The van der Waals surface area contributed by atoms with Crippen molar-refractivity contribution in [2.45, 2.75) is 6.04 Å². The quantitative estimate of drug-likeness (QED) is 0.393. The molecule has 0 saturated heterocycles. The monoisotopic (exact) mass is 168 g/mol. The molecule has 60 valence electrons. The molecule has 0 aromatic carbocycles. The van der Waals surface area contributed by atoms with Crippen molar-refractivity contribution in [3.63, 3.8) is 0 Å². The zero-order chi connectivity index (χ0) is 8.57. The van der Waals surface area contributed by atoms with E-state index in [0.29, 0.717) is 0 Å². The number of aliphatic hydroxyl groups is 1. The summed E-state index contributed by atoms with van der Waals surface area (Å²) in [6.45, 7) is -0.505. The molecule has 1 atom stereocenters. The van der Waals surface area contributed by atoms with Crippen LogP contribution >= 0.6 is 0 Å². The lowest BCUT2D eigenvalue weighted by atomic mass is 10.3. The minimum atomic E-state index is -1.18. The second kappa shape index (κ2) is 8.21. The van der Waals surface area contributed by atoms with Crippen molar-refractivity contribution in [1.29, 1.82) is 4.78 Å². The third kappa shape index (κ3) is 10.2. The molecule has 0 radical (unpaired) electrons. The van der Waals surface area contributed by atoms with E-state index in [0.717, 1.165) is 0 Å². The minimum Gasteiger partial charge on any atom is -0.480 e. The van der Waals surface area contributed by atoms with Crippen LogP contribution in [-0.2, 0) is 16.3 Å². The first kappa shape index (κ1) is 11.9. The number of hydrogen-bond donors (Lipinski definition) is 4. The van der Waals surface area contributed by atoms with E-state index in [4.69, 9.17) is 24.9 Å². The zero-order valence-electron chi connectivity index (χ0n) is 4.98. The number of carbonyl (C=O) groups is 1. The first-order valence-electron chi connectivity index (χ1n) is 2.15. The van der Waals surface area contributed by atoms with Crippen LogP contribution in [0.4, 0.5) is 0 Å². The molecule has 0 heterocycles. The number of carboxylic acid groups (broad SMARTS) is 1. The topological polar surface area (TPSA) is 124 Å². The Morgan fingerprint density at radius 2 is 2.10 bits per heavy atom. The smallest absolute Gasteiger partial charge is 0.322 e. The van der Waals surface area contributed by atoms with Gasteiger partial charge in [-0.2, -0.15) is 4.21 Å². The van der Waals surface area contributed by atoms with E-state index in [1.54, 1.807) is 0 Å². The summed E-state index contributed by atoms with van der Waals surface area (Å²) in [6, 6.07) is -1.13. The number of nitrogens with two attached hydrogens (primary N) is 1. The normalized spacial score (nSPS) is 10.6. The molecule has 7 heteroatoms. The Morgan fingerprint density at radius 3 is 2.10 bits per heavy atom. The molecule has 0 aliphatic carbocycles. The van der Waals surface area contributed by atoms with E-state index < -0.39 is 18.6 Å². The van der Waals surface area contributed by atoms with Crippen molar-refractivity contribution in [1.82, 2.24) is 0 Å². The van der Waals surface area contributed by atoms with Crippen LogP contribution in [-0.4, -0.2) is 33.0 Å². The second-order valence-corrected chi connectivity index (χ2v) is 1.38. The fourth-order valence-corrected chi connectivity index (χ4v) is 0.0781. The second-order valence-electron chi connectivity index (χ2n) is 1.21. The summed E-state index contributed by atoms with van der Waals surface area (Å²) >= 11 is -0.250. The molecule has 0 aliphatic heterocycles. The Balaban J connectivity index is 0. The Morgan fingerprint density at radius 1 is 1.80 bits per heavy atom. The van der Waals surface area contributed by atoms with Crippen molar-refractivity contribution in [3.8, 4) is 0 Å². The maximum absolute atomic E-state index is 9.65. The van der Waals surface area contributed by atoms with Gasteiger partial charge in [-0.3, -0.25) is 4.79 Å². The number of rotatable bonds is 2. The molecule has 0 aromatic rings. The number of nitrogens with one attached hydrogen (secondary N) is 1. The average molecular weight is 168 g/mol. The van der Waals surface area contributed by atoms with Crippen molar-refractivity contribution < 1.29 is 19.2 Å². The number of aliphatic hydroxyl groups excluding tert-OH is 1. The summed E-state index contributed by atoms with van der Waals surface area (Å²) in [5.41, 5.74) is 4.77. The number of aliphatic carboxylic acids is 1. The fourth-order valence-electron chi connectivity index (χ4n) is 0.0781. The molecule has 0 fully saturated rings. The molecule has 10 heavy (non-hydrogen) atoms. The highest BCUT2D eigenvalue weighted by molar-refractivity contribution is 7.53.